The Morgan fingerprint density at radius 2 is 1.12 bits per heavy atom. The van der Waals surface area contributed by atoms with Crippen molar-refractivity contribution in [2.75, 3.05) is 0 Å². The normalized spacial score (nSPS) is 11.4. The first-order valence-electron chi connectivity index (χ1n) is 12.8. The molecular weight excluding hydrogens is 439 g/mol. The maximum absolute atomic E-state index is 14.8. The minimum absolute atomic E-state index is 0.653. The number of benzene rings is 3. The zero-order valence-corrected chi connectivity index (χ0v) is 22.3. The molecule has 0 aliphatic heterocycles. The average Bonchev–Trinajstić information content (AvgIpc) is 2.87. The van der Waals surface area contributed by atoms with E-state index in [0.29, 0.717) is 16.8 Å². The molecule has 0 aromatic heterocycles. The lowest BCUT2D eigenvalue weighted by atomic mass is 10.0. The van der Waals surface area contributed by atoms with Crippen LogP contribution in [0.2, 0.25) is 0 Å². The number of hydrogen-bond acceptors (Lipinski definition) is 3. The van der Waals surface area contributed by atoms with Crippen molar-refractivity contribution < 1.29 is 13.6 Å². The molecule has 0 saturated heterocycles. The smallest absolute Gasteiger partial charge is 0.413 e. The quantitative estimate of drug-likeness (QED) is 0.246. The molecule has 0 atom stereocenters. The van der Waals surface area contributed by atoms with Crippen LogP contribution in [-0.4, -0.2) is 0 Å². The molecule has 3 aromatic rings. The topological polar surface area (TPSA) is 35.5 Å². The summed E-state index contributed by atoms with van der Waals surface area (Å²) in [5.41, 5.74) is 5.65. The molecule has 0 unspecified atom stereocenters. The van der Waals surface area contributed by atoms with Crippen LogP contribution in [0.1, 0.15) is 75.3 Å². The van der Waals surface area contributed by atoms with Crippen molar-refractivity contribution in [3.8, 4) is 11.5 Å². The van der Waals surface area contributed by atoms with Gasteiger partial charge in [-0.05, 0) is 84.5 Å². The summed E-state index contributed by atoms with van der Waals surface area (Å²) in [5, 5.41) is 0.663. The minimum atomic E-state index is -3.73. The van der Waals surface area contributed by atoms with Crippen LogP contribution in [0.25, 0.3) is 0 Å². The van der Waals surface area contributed by atoms with Crippen LogP contribution < -0.4 is 14.4 Å². The average molecular weight is 479 g/mol. The molecule has 0 amide bonds. The van der Waals surface area contributed by atoms with Gasteiger partial charge in [0.25, 0.3) is 0 Å². The predicted octanol–water partition coefficient (Wildman–Crippen LogP) is 8.26. The highest BCUT2D eigenvalue weighted by molar-refractivity contribution is 7.63. The third kappa shape index (κ3) is 5.76. The zero-order chi connectivity index (χ0) is 24.6. The highest BCUT2D eigenvalue weighted by Crippen LogP contribution is 2.50. The van der Waals surface area contributed by atoms with E-state index in [4.69, 9.17) is 9.05 Å². The van der Waals surface area contributed by atoms with Gasteiger partial charge in [0.1, 0.15) is 11.5 Å². The minimum Gasteiger partial charge on any atom is -0.413 e. The van der Waals surface area contributed by atoms with E-state index in [1.54, 1.807) is 0 Å². The van der Waals surface area contributed by atoms with Crippen molar-refractivity contribution in [1.29, 1.82) is 0 Å². The van der Waals surface area contributed by atoms with Crippen molar-refractivity contribution in [2.24, 2.45) is 0 Å². The van der Waals surface area contributed by atoms with Crippen molar-refractivity contribution in [2.45, 2.75) is 79.6 Å². The molecule has 182 valence electrons. The summed E-state index contributed by atoms with van der Waals surface area (Å²) < 4.78 is 27.8. The van der Waals surface area contributed by atoms with Gasteiger partial charge in [-0.1, -0.05) is 83.5 Å². The van der Waals surface area contributed by atoms with Crippen molar-refractivity contribution in [3.63, 3.8) is 0 Å². The first-order valence-corrected chi connectivity index (χ1v) is 14.3. The molecule has 3 nitrogen and oxygen atoms in total. The van der Waals surface area contributed by atoms with E-state index in [0.717, 1.165) is 61.6 Å². The first-order chi connectivity index (χ1) is 16.5. The van der Waals surface area contributed by atoms with E-state index in [2.05, 4.69) is 52.8 Å². The van der Waals surface area contributed by atoms with Gasteiger partial charge in [-0.2, -0.15) is 0 Å². The highest BCUT2D eigenvalue weighted by atomic mass is 31.2. The molecule has 0 N–H and O–H groups in total. The molecule has 3 rings (SSSR count). The van der Waals surface area contributed by atoms with Gasteiger partial charge in [-0.25, -0.2) is 4.57 Å². The van der Waals surface area contributed by atoms with Gasteiger partial charge in [-0.15, -0.1) is 0 Å². The lowest BCUT2D eigenvalue weighted by Crippen LogP contribution is -2.20. The Morgan fingerprint density at radius 3 is 1.59 bits per heavy atom. The molecule has 0 fully saturated rings. The maximum Gasteiger partial charge on any atom is 0.463 e. The van der Waals surface area contributed by atoms with Crippen LogP contribution in [0.3, 0.4) is 0 Å². The first kappa shape index (κ1) is 26.1. The number of unbranched alkanes of at least 4 members (excludes halogenated alkanes) is 1. The standard InChI is InChI=1S/C30H39O3P/c1-6-11-16-25-17-12-13-22-30(25)34(31,32-28-20-14-18-23(7-2)26(28)9-4)33-29-21-15-19-24(8-3)27(29)10-5/h12-15,17-22H,6-11,16H2,1-5H3. The number of rotatable bonds is 12. The van der Waals surface area contributed by atoms with Gasteiger partial charge < -0.3 is 9.05 Å². The van der Waals surface area contributed by atoms with Crippen LogP contribution >= 0.6 is 7.60 Å². The fraction of sp³-hybridized carbons (Fsp3) is 0.400. The molecule has 0 saturated carbocycles. The molecule has 0 heterocycles. The monoisotopic (exact) mass is 478 g/mol. The summed E-state index contributed by atoms with van der Waals surface area (Å²) in [4.78, 5) is 0. The maximum atomic E-state index is 14.8. The Hall–Kier alpha value is -2.51. The highest BCUT2D eigenvalue weighted by Gasteiger charge is 2.35. The third-order valence-corrected chi connectivity index (χ3v) is 8.35. The molecule has 0 aliphatic rings. The summed E-state index contributed by atoms with van der Waals surface area (Å²) in [7, 11) is -3.73. The van der Waals surface area contributed by atoms with Gasteiger partial charge in [0.05, 0.1) is 5.30 Å². The predicted molar refractivity (Wildman–Crippen MR) is 144 cm³/mol. The number of hydrogen-bond donors (Lipinski definition) is 0. The van der Waals surface area contributed by atoms with E-state index < -0.39 is 7.60 Å². The fourth-order valence-electron chi connectivity index (χ4n) is 4.59. The lowest BCUT2D eigenvalue weighted by molar-refractivity contribution is 0.395. The van der Waals surface area contributed by atoms with Gasteiger partial charge in [-0.3, -0.25) is 0 Å². The fourth-order valence-corrected chi connectivity index (χ4v) is 6.49. The zero-order valence-electron chi connectivity index (χ0n) is 21.4. The molecule has 0 radical (unpaired) electrons. The van der Waals surface area contributed by atoms with Crippen molar-refractivity contribution in [3.05, 3.63) is 88.5 Å². The SMILES string of the molecule is CCCCc1ccccc1P(=O)(Oc1cccc(CC)c1CC)Oc1cccc(CC)c1CC. The molecular formula is C30H39O3P. The van der Waals surface area contributed by atoms with E-state index >= 15 is 0 Å². The molecule has 0 bridgehead atoms. The summed E-state index contributed by atoms with van der Waals surface area (Å²) in [5.74, 6) is 1.31. The summed E-state index contributed by atoms with van der Waals surface area (Å²) >= 11 is 0. The van der Waals surface area contributed by atoms with E-state index in [1.807, 2.05) is 42.5 Å². The number of aryl methyl sites for hydroxylation is 3. The van der Waals surface area contributed by atoms with Crippen LogP contribution in [0.4, 0.5) is 0 Å². The summed E-state index contributed by atoms with van der Waals surface area (Å²) in [6, 6.07) is 19.9. The van der Waals surface area contributed by atoms with E-state index in [-0.39, 0.29) is 0 Å². The lowest BCUT2D eigenvalue weighted by Gasteiger charge is -2.25. The molecule has 0 aliphatic carbocycles. The second kappa shape index (κ2) is 12.3. The second-order valence-electron chi connectivity index (χ2n) is 8.61. The second-order valence-corrected chi connectivity index (χ2v) is 10.5. The third-order valence-electron chi connectivity index (χ3n) is 6.45. The van der Waals surface area contributed by atoms with Gasteiger partial charge in [0, 0.05) is 0 Å². The van der Waals surface area contributed by atoms with Crippen molar-refractivity contribution >= 4 is 12.9 Å². The van der Waals surface area contributed by atoms with E-state index in [9.17, 15) is 4.57 Å². The van der Waals surface area contributed by atoms with Crippen LogP contribution in [0.15, 0.2) is 60.7 Å². The molecule has 0 spiro atoms. The Morgan fingerprint density at radius 1 is 0.618 bits per heavy atom. The Kier molecular flexibility index (Phi) is 9.42. The van der Waals surface area contributed by atoms with Gasteiger partial charge in [0.15, 0.2) is 0 Å². The molecule has 3 aromatic carbocycles. The molecule has 34 heavy (non-hydrogen) atoms. The van der Waals surface area contributed by atoms with E-state index in [1.165, 1.54) is 11.1 Å². The van der Waals surface area contributed by atoms with Crippen LogP contribution in [0.5, 0.6) is 11.5 Å². The largest absolute Gasteiger partial charge is 0.463 e. The van der Waals surface area contributed by atoms with Crippen LogP contribution in [-0.2, 0) is 36.7 Å². The Balaban J connectivity index is 2.17. The molecule has 4 heteroatoms. The van der Waals surface area contributed by atoms with Crippen LogP contribution in [0, 0.1) is 0 Å². The summed E-state index contributed by atoms with van der Waals surface area (Å²) in [6.07, 6.45) is 6.35. The summed E-state index contributed by atoms with van der Waals surface area (Å²) in [6.45, 7) is 10.7. The van der Waals surface area contributed by atoms with Gasteiger partial charge in [0.2, 0.25) is 0 Å². The van der Waals surface area contributed by atoms with Crippen molar-refractivity contribution in [1.82, 2.24) is 0 Å². The van der Waals surface area contributed by atoms with Gasteiger partial charge >= 0.3 is 7.60 Å². The Bertz CT molecular complexity index is 1070. The Labute approximate surface area is 206 Å².